The standard InChI is InChI=1S/C19H16FN3/c1-14-12-17(20)13-21-19(14)23-22-18(15-8-4-2-5-9-15)16-10-6-3-7-11-16/h2-13,18H,1H3. The first kappa shape index (κ1) is 15.0. The molecule has 1 heterocycles. The van der Waals surface area contributed by atoms with Crippen LogP contribution in [0.2, 0.25) is 0 Å². The van der Waals surface area contributed by atoms with E-state index < -0.39 is 0 Å². The molecular weight excluding hydrogens is 289 g/mol. The van der Waals surface area contributed by atoms with E-state index in [-0.39, 0.29) is 11.9 Å². The molecule has 0 fully saturated rings. The van der Waals surface area contributed by atoms with Crippen LogP contribution in [0.4, 0.5) is 10.2 Å². The van der Waals surface area contributed by atoms with Crippen LogP contribution in [0.5, 0.6) is 0 Å². The monoisotopic (exact) mass is 305 g/mol. The van der Waals surface area contributed by atoms with Gasteiger partial charge < -0.3 is 0 Å². The zero-order valence-electron chi connectivity index (χ0n) is 12.7. The molecule has 0 N–H and O–H groups in total. The average Bonchev–Trinajstić information content (AvgIpc) is 2.59. The van der Waals surface area contributed by atoms with Crippen LogP contribution in [0, 0.1) is 12.7 Å². The molecular formula is C19H16FN3. The van der Waals surface area contributed by atoms with Gasteiger partial charge in [-0.25, -0.2) is 9.37 Å². The van der Waals surface area contributed by atoms with Crippen molar-refractivity contribution in [3.63, 3.8) is 0 Å². The van der Waals surface area contributed by atoms with Gasteiger partial charge in [0.15, 0.2) is 5.82 Å². The van der Waals surface area contributed by atoms with Gasteiger partial charge in [0.25, 0.3) is 0 Å². The Morgan fingerprint density at radius 2 is 1.48 bits per heavy atom. The fourth-order valence-corrected chi connectivity index (χ4v) is 2.35. The predicted octanol–water partition coefficient (Wildman–Crippen LogP) is 5.40. The van der Waals surface area contributed by atoms with Crippen molar-refractivity contribution in [3.05, 3.63) is 95.4 Å². The summed E-state index contributed by atoms with van der Waals surface area (Å²) in [6.45, 7) is 1.77. The minimum Gasteiger partial charge on any atom is -0.232 e. The van der Waals surface area contributed by atoms with Crippen molar-refractivity contribution in [3.8, 4) is 0 Å². The van der Waals surface area contributed by atoms with Gasteiger partial charge in [-0.2, -0.15) is 5.11 Å². The summed E-state index contributed by atoms with van der Waals surface area (Å²) in [6.07, 6.45) is 1.15. The van der Waals surface area contributed by atoms with Gasteiger partial charge in [-0.05, 0) is 29.7 Å². The van der Waals surface area contributed by atoms with Crippen LogP contribution in [0.1, 0.15) is 22.7 Å². The zero-order valence-corrected chi connectivity index (χ0v) is 12.7. The van der Waals surface area contributed by atoms with Gasteiger partial charge in [0.05, 0.1) is 6.20 Å². The molecule has 0 aliphatic carbocycles. The highest BCUT2D eigenvalue weighted by Gasteiger charge is 2.13. The summed E-state index contributed by atoms with van der Waals surface area (Å²) in [6, 6.07) is 21.1. The Morgan fingerprint density at radius 3 is 2.00 bits per heavy atom. The lowest BCUT2D eigenvalue weighted by Gasteiger charge is -2.12. The maximum Gasteiger partial charge on any atom is 0.177 e. The topological polar surface area (TPSA) is 37.6 Å². The Balaban J connectivity index is 1.98. The highest BCUT2D eigenvalue weighted by Crippen LogP contribution is 2.28. The molecule has 3 nitrogen and oxygen atoms in total. The molecule has 0 aliphatic heterocycles. The van der Waals surface area contributed by atoms with E-state index in [4.69, 9.17) is 0 Å². The number of nitrogens with zero attached hydrogens (tertiary/aromatic N) is 3. The van der Waals surface area contributed by atoms with E-state index >= 15 is 0 Å². The number of aryl methyl sites for hydroxylation is 1. The molecule has 0 saturated heterocycles. The Bertz CT molecular complexity index is 762. The SMILES string of the molecule is Cc1cc(F)cnc1N=NC(c1ccccc1)c1ccccc1. The van der Waals surface area contributed by atoms with Crippen molar-refractivity contribution < 1.29 is 4.39 Å². The molecule has 3 aromatic rings. The number of pyridine rings is 1. The molecule has 4 heteroatoms. The number of halogens is 1. The fourth-order valence-electron chi connectivity index (χ4n) is 2.35. The number of hydrogen-bond donors (Lipinski definition) is 0. The third-order valence-corrected chi connectivity index (χ3v) is 3.52. The Kier molecular flexibility index (Phi) is 4.52. The maximum absolute atomic E-state index is 13.1. The number of benzene rings is 2. The Morgan fingerprint density at radius 1 is 0.913 bits per heavy atom. The number of hydrogen-bond acceptors (Lipinski definition) is 3. The largest absolute Gasteiger partial charge is 0.232 e. The quantitative estimate of drug-likeness (QED) is 0.594. The first-order chi connectivity index (χ1) is 11.2. The summed E-state index contributed by atoms with van der Waals surface area (Å²) in [5, 5.41) is 8.71. The van der Waals surface area contributed by atoms with Gasteiger partial charge in [-0.1, -0.05) is 60.7 Å². The molecule has 2 aromatic carbocycles. The Labute approximate surface area is 134 Å². The third-order valence-electron chi connectivity index (χ3n) is 3.52. The van der Waals surface area contributed by atoms with Crippen LogP contribution in [0.25, 0.3) is 0 Å². The molecule has 23 heavy (non-hydrogen) atoms. The molecule has 0 saturated carbocycles. The van der Waals surface area contributed by atoms with E-state index in [0.717, 1.165) is 17.3 Å². The fraction of sp³-hybridized carbons (Fsp3) is 0.105. The highest BCUT2D eigenvalue weighted by molar-refractivity contribution is 5.37. The van der Waals surface area contributed by atoms with Crippen molar-refractivity contribution in [2.75, 3.05) is 0 Å². The van der Waals surface area contributed by atoms with Gasteiger partial charge in [0.1, 0.15) is 11.9 Å². The van der Waals surface area contributed by atoms with E-state index in [0.29, 0.717) is 11.4 Å². The summed E-state index contributed by atoms with van der Waals surface area (Å²) < 4.78 is 13.1. The Hall–Kier alpha value is -2.88. The van der Waals surface area contributed by atoms with Crippen LogP contribution in [-0.2, 0) is 0 Å². The van der Waals surface area contributed by atoms with Gasteiger partial charge in [-0.15, -0.1) is 5.11 Å². The van der Waals surface area contributed by atoms with E-state index in [1.165, 1.54) is 6.07 Å². The second-order valence-electron chi connectivity index (χ2n) is 5.23. The molecule has 1 aromatic heterocycles. The summed E-state index contributed by atoms with van der Waals surface area (Å²) in [5.41, 5.74) is 2.75. The van der Waals surface area contributed by atoms with E-state index in [1.54, 1.807) is 6.92 Å². The zero-order chi connectivity index (χ0) is 16.1. The first-order valence-electron chi connectivity index (χ1n) is 7.37. The predicted molar refractivity (Wildman–Crippen MR) is 88.2 cm³/mol. The molecule has 114 valence electrons. The first-order valence-corrected chi connectivity index (χ1v) is 7.37. The van der Waals surface area contributed by atoms with Gasteiger partial charge in [0.2, 0.25) is 0 Å². The van der Waals surface area contributed by atoms with Crippen molar-refractivity contribution >= 4 is 5.82 Å². The molecule has 0 atom stereocenters. The lowest BCUT2D eigenvalue weighted by molar-refractivity contribution is 0.619. The van der Waals surface area contributed by atoms with Crippen molar-refractivity contribution in [1.82, 2.24) is 4.98 Å². The average molecular weight is 305 g/mol. The normalized spacial score (nSPS) is 11.3. The third kappa shape index (κ3) is 3.66. The number of rotatable bonds is 4. The lowest BCUT2D eigenvalue weighted by atomic mass is 10.00. The van der Waals surface area contributed by atoms with Crippen molar-refractivity contribution in [1.29, 1.82) is 0 Å². The van der Waals surface area contributed by atoms with Gasteiger partial charge in [-0.3, -0.25) is 0 Å². The van der Waals surface area contributed by atoms with Crippen LogP contribution < -0.4 is 0 Å². The molecule has 0 amide bonds. The maximum atomic E-state index is 13.1. The van der Waals surface area contributed by atoms with Crippen molar-refractivity contribution in [2.24, 2.45) is 10.2 Å². The molecule has 0 unspecified atom stereocenters. The second kappa shape index (κ2) is 6.92. The van der Waals surface area contributed by atoms with Crippen LogP contribution >= 0.6 is 0 Å². The summed E-state index contributed by atoms with van der Waals surface area (Å²) in [7, 11) is 0. The van der Waals surface area contributed by atoms with Gasteiger partial charge >= 0.3 is 0 Å². The molecule has 0 spiro atoms. The molecule has 0 bridgehead atoms. The smallest absolute Gasteiger partial charge is 0.177 e. The van der Waals surface area contributed by atoms with Crippen LogP contribution in [0.3, 0.4) is 0 Å². The number of azo groups is 1. The molecule has 3 rings (SSSR count). The minimum absolute atomic E-state index is 0.219. The lowest BCUT2D eigenvalue weighted by Crippen LogP contribution is -1.97. The molecule has 0 radical (unpaired) electrons. The molecule has 0 aliphatic rings. The summed E-state index contributed by atoms with van der Waals surface area (Å²) in [4.78, 5) is 4.00. The highest BCUT2D eigenvalue weighted by atomic mass is 19.1. The summed E-state index contributed by atoms with van der Waals surface area (Å²) in [5.74, 6) is 0.0624. The number of aromatic nitrogens is 1. The van der Waals surface area contributed by atoms with Gasteiger partial charge in [0, 0.05) is 0 Å². The van der Waals surface area contributed by atoms with Crippen LogP contribution in [0.15, 0.2) is 83.2 Å². The minimum atomic E-state index is -0.371. The van der Waals surface area contributed by atoms with E-state index in [9.17, 15) is 4.39 Å². The van der Waals surface area contributed by atoms with Crippen molar-refractivity contribution in [2.45, 2.75) is 13.0 Å². The second-order valence-corrected chi connectivity index (χ2v) is 5.23. The van der Waals surface area contributed by atoms with Crippen LogP contribution in [-0.4, -0.2) is 4.98 Å². The van der Waals surface area contributed by atoms with E-state index in [1.807, 2.05) is 60.7 Å². The summed E-state index contributed by atoms with van der Waals surface area (Å²) >= 11 is 0. The van der Waals surface area contributed by atoms with E-state index in [2.05, 4.69) is 15.2 Å².